The first-order valence-corrected chi connectivity index (χ1v) is 12.4. The quantitative estimate of drug-likeness (QED) is 0.298. The molecule has 8 heteroatoms. The summed E-state index contributed by atoms with van der Waals surface area (Å²) in [6.45, 7) is 2.06. The lowest BCUT2D eigenvalue weighted by Crippen LogP contribution is -2.44. The number of carbonyl (C=O) groups is 3. The SMILES string of the molecule is CCCC(NC(=O)OCC1c2ccccc2-c2ccccc21)C(=O)Nc1cc(C(=O)O)ccc1I. The summed E-state index contributed by atoms with van der Waals surface area (Å²) >= 11 is 2.02. The Hall–Kier alpha value is -3.40. The van der Waals surface area contributed by atoms with E-state index in [1.807, 2.05) is 65.9 Å². The summed E-state index contributed by atoms with van der Waals surface area (Å²) in [4.78, 5) is 36.9. The number of rotatable bonds is 8. The molecule has 1 atom stereocenters. The van der Waals surface area contributed by atoms with Crippen molar-refractivity contribution in [3.63, 3.8) is 0 Å². The molecule has 0 saturated heterocycles. The fourth-order valence-corrected chi connectivity index (χ4v) is 4.78. The van der Waals surface area contributed by atoms with E-state index in [0.29, 0.717) is 22.1 Å². The highest BCUT2D eigenvalue weighted by molar-refractivity contribution is 14.1. The van der Waals surface area contributed by atoms with Gasteiger partial charge in [-0.25, -0.2) is 9.59 Å². The topological polar surface area (TPSA) is 105 Å². The van der Waals surface area contributed by atoms with Gasteiger partial charge in [0.05, 0.1) is 11.3 Å². The first kappa shape index (κ1) is 24.7. The monoisotopic (exact) mass is 584 g/mol. The Morgan fingerprint density at radius 1 is 1.00 bits per heavy atom. The first-order valence-electron chi connectivity index (χ1n) is 11.3. The molecule has 1 aliphatic carbocycles. The molecule has 4 rings (SSSR count). The maximum Gasteiger partial charge on any atom is 0.407 e. The Labute approximate surface area is 217 Å². The van der Waals surface area contributed by atoms with Crippen LogP contribution in [0.2, 0.25) is 0 Å². The summed E-state index contributed by atoms with van der Waals surface area (Å²) in [5.41, 5.74) is 4.94. The predicted octanol–water partition coefficient (Wildman–Crippen LogP) is 5.64. The molecule has 3 N–H and O–H groups in total. The van der Waals surface area contributed by atoms with Crippen LogP contribution in [-0.2, 0) is 9.53 Å². The lowest BCUT2D eigenvalue weighted by Gasteiger charge is -2.20. The molecule has 3 aromatic rings. The number of halogens is 1. The van der Waals surface area contributed by atoms with Crippen LogP contribution in [-0.4, -0.2) is 35.7 Å². The van der Waals surface area contributed by atoms with Crippen molar-refractivity contribution in [3.8, 4) is 11.1 Å². The molecule has 0 saturated carbocycles. The Kier molecular flexibility index (Phi) is 7.70. The molecule has 1 unspecified atom stereocenters. The van der Waals surface area contributed by atoms with Crippen molar-refractivity contribution in [1.29, 1.82) is 0 Å². The number of fused-ring (bicyclic) bond motifs is 3. The molecular weight excluding hydrogens is 559 g/mol. The standard InChI is InChI=1S/C27H25IN2O5/c1-2-7-23(25(31)29-24-14-16(26(32)33)12-13-22(24)28)30-27(34)35-15-21-19-10-5-3-8-17(19)18-9-4-6-11-20(18)21/h3-6,8-14,21,23H,2,7,15H2,1H3,(H,29,31)(H,30,34)(H,32,33). The van der Waals surface area contributed by atoms with Gasteiger partial charge in [-0.2, -0.15) is 0 Å². The largest absolute Gasteiger partial charge is 0.478 e. The summed E-state index contributed by atoms with van der Waals surface area (Å²) in [5, 5.41) is 14.6. The van der Waals surface area contributed by atoms with Gasteiger partial charge in [0.15, 0.2) is 0 Å². The molecule has 0 bridgehead atoms. The normalized spacial score (nSPS) is 12.9. The number of carboxylic acids is 1. The van der Waals surface area contributed by atoms with Crippen LogP contribution in [0.15, 0.2) is 66.7 Å². The molecule has 35 heavy (non-hydrogen) atoms. The van der Waals surface area contributed by atoms with Gasteiger partial charge in [-0.05, 0) is 69.5 Å². The van der Waals surface area contributed by atoms with Gasteiger partial charge in [-0.15, -0.1) is 0 Å². The zero-order valence-corrected chi connectivity index (χ0v) is 21.2. The van der Waals surface area contributed by atoms with Gasteiger partial charge >= 0.3 is 12.1 Å². The van der Waals surface area contributed by atoms with Crippen molar-refractivity contribution in [3.05, 3.63) is 87.0 Å². The van der Waals surface area contributed by atoms with E-state index in [1.165, 1.54) is 12.1 Å². The van der Waals surface area contributed by atoms with Crippen molar-refractivity contribution >= 4 is 46.2 Å². The highest BCUT2D eigenvalue weighted by atomic mass is 127. The molecule has 3 aromatic carbocycles. The second-order valence-electron chi connectivity index (χ2n) is 8.30. The number of carbonyl (C=O) groups excluding carboxylic acids is 2. The van der Waals surface area contributed by atoms with Crippen molar-refractivity contribution in [2.24, 2.45) is 0 Å². The van der Waals surface area contributed by atoms with Gasteiger partial charge in [0.25, 0.3) is 0 Å². The molecule has 0 heterocycles. The van der Waals surface area contributed by atoms with Crippen LogP contribution >= 0.6 is 22.6 Å². The number of carboxylic acid groups (broad SMARTS) is 1. The molecule has 0 aromatic heterocycles. The number of nitrogens with one attached hydrogen (secondary N) is 2. The van der Waals surface area contributed by atoms with Crippen LogP contribution in [0.5, 0.6) is 0 Å². The van der Waals surface area contributed by atoms with Gasteiger partial charge in [0.2, 0.25) is 5.91 Å². The summed E-state index contributed by atoms with van der Waals surface area (Å²) in [5.74, 6) is -1.59. The Morgan fingerprint density at radius 3 is 2.23 bits per heavy atom. The number of hydrogen-bond acceptors (Lipinski definition) is 4. The van der Waals surface area contributed by atoms with Crippen molar-refractivity contribution in [2.75, 3.05) is 11.9 Å². The summed E-state index contributed by atoms with van der Waals surface area (Å²) in [7, 11) is 0. The zero-order chi connectivity index (χ0) is 24.9. The number of anilines is 1. The van der Waals surface area contributed by atoms with E-state index in [0.717, 1.165) is 22.3 Å². The van der Waals surface area contributed by atoms with E-state index in [2.05, 4.69) is 22.8 Å². The second kappa shape index (κ2) is 10.9. The Balaban J connectivity index is 1.42. The average Bonchev–Trinajstić information content (AvgIpc) is 3.17. The van der Waals surface area contributed by atoms with Gasteiger partial charge in [0, 0.05) is 9.49 Å². The smallest absolute Gasteiger partial charge is 0.407 e. The fraction of sp³-hybridized carbons (Fsp3) is 0.222. The summed E-state index contributed by atoms with van der Waals surface area (Å²) < 4.78 is 6.27. The Morgan fingerprint density at radius 2 is 1.63 bits per heavy atom. The lowest BCUT2D eigenvalue weighted by molar-refractivity contribution is -0.118. The number of benzene rings is 3. The molecular formula is C27H25IN2O5. The van der Waals surface area contributed by atoms with Crippen LogP contribution in [0.3, 0.4) is 0 Å². The molecule has 180 valence electrons. The maximum atomic E-state index is 12.9. The number of ether oxygens (including phenoxy) is 1. The summed E-state index contributed by atoms with van der Waals surface area (Å²) in [6.07, 6.45) is 0.397. The number of aromatic carboxylic acids is 1. The zero-order valence-electron chi connectivity index (χ0n) is 19.1. The van der Waals surface area contributed by atoms with Gasteiger partial charge in [-0.1, -0.05) is 61.9 Å². The van der Waals surface area contributed by atoms with E-state index < -0.39 is 24.0 Å². The molecule has 0 radical (unpaired) electrons. The van der Waals surface area contributed by atoms with Crippen LogP contribution in [0.1, 0.15) is 47.2 Å². The highest BCUT2D eigenvalue weighted by Crippen LogP contribution is 2.44. The minimum atomic E-state index is -1.08. The van der Waals surface area contributed by atoms with Crippen LogP contribution in [0, 0.1) is 3.57 Å². The van der Waals surface area contributed by atoms with Gasteiger partial charge in [-0.3, -0.25) is 4.79 Å². The molecule has 1 aliphatic rings. The summed E-state index contributed by atoms with van der Waals surface area (Å²) in [6, 6.07) is 19.8. The minimum absolute atomic E-state index is 0.0669. The number of amides is 2. The molecule has 0 spiro atoms. The second-order valence-corrected chi connectivity index (χ2v) is 9.46. The Bertz CT molecular complexity index is 1230. The van der Waals surface area contributed by atoms with Crippen LogP contribution < -0.4 is 10.6 Å². The van der Waals surface area contributed by atoms with Gasteiger partial charge in [0.1, 0.15) is 12.6 Å². The maximum absolute atomic E-state index is 12.9. The number of alkyl carbamates (subject to hydrolysis) is 1. The van der Waals surface area contributed by atoms with E-state index in [4.69, 9.17) is 4.74 Å². The van der Waals surface area contributed by atoms with Crippen molar-refractivity contribution < 1.29 is 24.2 Å². The fourth-order valence-electron chi connectivity index (χ4n) is 4.31. The molecule has 0 fully saturated rings. The van der Waals surface area contributed by atoms with Gasteiger partial charge < -0.3 is 20.5 Å². The van der Waals surface area contributed by atoms with E-state index in [1.54, 1.807) is 6.07 Å². The van der Waals surface area contributed by atoms with Crippen LogP contribution in [0.25, 0.3) is 11.1 Å². The molecule has 2 amide bonds. The average molecular weight is 584 g/mol. The van der Waals surface area contributed by atoms with Crippen molar-refractivity contribution in [2.45, 2.75) is 31.7 Å². The van der Waals surface area contributed by atoms with E-state index >= 15 is 0 Å². The first-order chi connectivity index (χ1) is 16.9. The predicted molar refractivity (Wildman–Crippen MR) is 142 cm³/mol. The highest BCUT2D eigenvalue weighted by Gasteiger charge is 2.29. The third-order valence-electron chi connectivity index (χ3n) is 6.00. The van der Waals surface area contributed by atoms with Crippen LogP contribution in [0.4, 0.5) is 10.5 Å². The number of hydrogen-bond donors (Lipinski definition) is 3. The minimum Gasteiger partial charge on any atom is -0.478 e. The lowest BCUT2D eigenvalue weighted by atomic mass is 9.98. The van der Waals surface area contributed by atoms with Crippen molar-refractivity contribution in [1.82, 2.24) is 5.32 Å². The third-order valence-corrected chi connectivity index (χ3v) is 6.94. The molecule has 7 nitrogen and oxygen atoms in total. The molecule has 0 aliphatic heterocycles. The van der Waals surface area contributed by atoms with E-state index in [9.17, 15) is 19.5 Å². The third kappa shape index (κ3) is 5.48. The van der Waals surface area contributed by atoms with E-state index in [-0.39, 0.29) is 18.1 Å².